The first-order valence-electron chi connectivity index (χ1n) is 19.0. The molecule has 0 aliphatic carbocycles. The van der Waals surface area contributed by atoms with E-state index in [9.17, 15) is 19.2 Å². The second-order valence-corrected chi connectivity index (χ2v) is 16.2. The maximum atomic E-state index is 13.4. The molecule has 4 aromatic heterocycles. The summed E-state index contributed by atoms with van der Waals surface area (Å²) >= 11 is 14.2. The summed E-state index contributed by atoms with van der Waals surface area (Å²) in [6.07, 6.45) is 5.15. The second-order valence-electron chi connectivity index (χ2n) is 15.5. The van der Waals surface area contributed by atoms with Crippen molar-refractivity contribution in [2.24, 2.45) is 7.05 Å². The number of aromatic nitrogens is 5. The maximum absolute atomic E-state index is 13.4. The van der Waals surface area contributed by atoms with Crippen LogP contribution in [-0.2, 0) is 34.5 Å². The van der Waals surface area contributed by atoms with Gasteiger partial charge in [0.1, 0.15) is 16.9 Å². The van der Waals surface area contributed by atoms with Crippen LogP contribution in [0, 0.1) is 0 Å². The van der Waals surface area contributed by atoms with E-state index in [4.69, 9.17) is 42.8 Å². The van der Waals surface area contributed by atoms with E-state index >= 15 is 0 Å². The Labute approximate surface area is 345 Å². The quantitative estimate of drug-likeness (QED) is 0.145. The molecule has 15 nitrogen and oxygen atoms in total. The van der Waals surface area contributed by atoms with Gasteiger partial charge >= 0.3 is 6.09 Å². The molecule has 6 heterocycles. The molecule has 3 N–H and O–H groups in total. The molecule has 3 amide bonds. The van der Waals surface area contributed by atoms with E-state index in [-0.39, 0.29) is 42.5 Å². The smallest absolute Gasteiger partial charge is 0.410 e. The number of hydrogen-bond donors (Lipinski definition) is 3. The van der Waals surface area contributed by atoms with Crippen molar-refractivity contribution in [3.8, 4) is 39.5 Å². The number of ether oxygens (including phenoxy) is 2. The molecule has 2 atom stereocenters. The van der Waals surface area contributed by atoms with Crippen LogP contribution in [0.4, 0.5) is 4.79 Å². The summed E-state index contributed by atoms with van der Waals surface area (Å²) in [7, 11) is 3.18. The zero-order valence-electron chi connectivity index (χ0n) is 32.9. The lowest BCUT2D eigenvalue weighted by molar-refractivity contribution is -0.120. The summed E-state index contributed by atoms with van der Waals surface area (Å²) in [5.41, 5.74) is 3.50. The standard InChI is InChI=1S/C41H45Cl2N9O6/c1-41(2,3)58-40(56)51(22-26-11-14-34(54)47-26)20-23-9-12-30(48-38(23)57-5)29-8-6-7-27(35(29)42)28-15-16-45-37(36(28)43)24-17-31-39(55)50(4)32(49-52(31)21-24)19-44-18-25-10-13-33(53)46-25/h6-9,12,15-17,21,25-26,44H,10-11,13-14,18-20,22H2,1-5H3,(H,46,53)(H,47,54)/t25-,26-/m0/s1. The fourth-order valence-electron chi connectivity index (χ4n) is 7.17. The summed E-state index contributed by atoms with van der Waals surface area (Å²) in [6, 6.07) is 12.5. The Morgan fingerprint density at radius 1 is 0.983 bits per heavy atom. The van der Waals surface area contributed by atoms with Crippen molar-refractivity contribution >= 4 is 46.6 Å². The van der Waals surface area contributed by atoms with E-state index in [1.165, 1.54) is 16.2 Å². The molecular weight excluding hydrogens is 785 g/mol. The van der Waals surface area contributed by atoms with Gasteiger partial charge in [-0.15, -0.1) is 0 Å². The predicted octanol–water partition coefficient (Wildman–Crippen LogP) is 5.52. The fraction of sp³-hybridized carbons (Fsp3) is 0.390. The van der Waals surface area contributed by atoms with E-state index in [1.807, 2.05) is 30.3 Å². The molecule has 2 aliphatic rings. The molecule has 0 bridgehead atoms. The second kappa shape index (κ2) is 16.8. The minimum Gasteiger partial charge on any atom is -0.481 e. The number of methoxy groups -OCH3 is 1. The molecular formula is C41H45Cl2N9O6. The molecule has 5 aromatic rings. The first-order chi connectivity index (χ1) is 27.7. The molecule has 0 spiro atoms. The minimum atomic E-state index is -0.716. The van der Waals surface area contributed by atoms with Crippen molar-refractivity contribution in [2.75, 3.05) is 20.2 Å². The molecule has 2 aliphatic heterocycles. The predicted molar refractivity (Wildman–Crippen MR) is 220 cm³/mol. The van der Waals surface area contributed by atoms with Gasteiger partial charge in [0, 0.05) is 85.3 Å². The monoisotopic (exact) mass is 829 g/mol. The van der Waals surface area contributed by atoms with Crippen molar-refractivity contribution in [2.45, 2.75) is 77.2 Å². The largest absolute Gasteiger partial charge is 0.481 e. The Balaban J connectivity index is 1.14. The van der Waals surface area contributed by atoms with Crippen LogP contribution in [0.2, 0.25) is 10.0 Å². The zero-order valence-corrected chi connectivity index (χ0v) is 34.4. The molecule has 0 saturated carbocycles. The van der Waals surface area contributed by atoms with Crippen LogP contribution < -0.4 is 26.2 Å². The average molecular weight is 831 g/mol. The van der Waals surface area contributed by atoms with Crippen molar-refractivity contribution in [1.82, 2.24) is 45.0 Å². The first kappa shape index (κ1) is 40.7. The third kappa shape index (κ3) is 8.81. The molecule has 17 heteroatoms. The molecule has 0 unspecified atom stereocenters. The van der Waals surface area contributed by atoms with Gasteiger partial charge in [-0.05, 0) is 57.9 Å². The molecule has 7 rings (SSSR count). The number of amides is 3. The van der Waals surface area contributed by atoms with Gasteiger partial charge in [0.2, 0.25) is 17.7 Å². The fourth-order valence-corrected chi connectivity index (χ4v) is 7.82. The highest BCUT2D eigenvalue weighted by atomic mass is 35.5. The number of fused-ring (bicyclic) bond motifs is 1. The number of nitrogens with one attached hydrogen (secondary N) is 3. The van der Waals surface area contributed by atoms with E-state index in [2.05, 4.69) is 20.9 Å². The Kier molecular flexibility index (Phi) is 11.8. The van der Waals surface area contributed by atoms with Crippen molar-refractivity contribution in [3.63, 3.8) is 0 Å². The lowest BCUT2D eigenvalue weighted by Gasteiger charge is -2.29. The van der Waals surface area contributed by atoms with Crippen LogP contribution in [0.3, 0.4) is 0 Å². The van der Waals surface area contributed by atoms with Crippen LogP contribution >= 0.6 is 23.2 Å². The van der Waals surface area contributed by atoms with E-state index in [0.29, 0.717) is 98.8 Å². The van der Waals surface area contributed by atoms with Gasteiger partial charge in [0.15, 0.2) is 0 Å². The lowest BCUT2D eigenvalue weighted by Crippen LogP contribution is -2.43. The Bertz CT molecular complexity index is 2460. The van der Waals surface area contributed by atoms with Gasteiger partial charge in [-0.1, -0.05) is 41.4 Å². The molecule has 1 aromatic carbocycles. The van der Waals surface area contributed by atoms with E-state index in [1.54, 1.807) is 57.2 Å². The van der Waals surface area contributed by atoms with Crippen molar-refractivity contribution in [1.29, 1.82) is 0 Å². The van der Waals surface area contributed by atoms with E-state index < -0.39 is 11.7 Å². The number of pyridine rings is 2. The van der Waals surface area contributed by atoms with Gasteiger partial charge in [0.05, 0.1) is 41.6 Å². The third-order valence-corrected chi connectivity index (χ3v) is 10.9. The number of benzene rings is 1. The highest BCUT2D eigenvalue weighted by molar-refractivity contribution is 6.39. The summed E-state index contributed by atoms with van der Waals surface area (Å²) in [6.45, 7) is 6.71. The average Bonchev–Trinajstić information content (AvgIpc) is 3.92. The van der Waals surface area contributed by atoms with Crippen LogP contribution in [0.5, 0.6) is 5.88 Å². The van der Waals surface area contributed by atoms with Crippen molar-refractivity contribution < 1.29 is 23.9 Å². The van der Waals surface area contributed by atoms with Crippen LogP contribution in [0.25, 0.3) is 39.2 Å². The topological polar surface area (TPSA) is 174 Å². The highest BCUT2D eigenvalue weighted by Crippen LogP contribution is 2.42. The minimum absolute atomic E-state index is 0.0451. The van der Waals surface area contributed by atoms with Gasteiger partial charge in [0.25, 0.3) is 5.56 Å². The SMILES string of the molecule is COc1nc(-c2cccc(-c3ccnc(-c4cc5c(=O)n(C)c(CNC[C@@H]6CCC(=O)N6)nn5c4)c3Cl)c2Cl)ccc1CN(C[C@@H]1CCC(=O)N1)C(=O)OC(C)(C)C. The molecule has 58 heavy (non-hydrogen) atoms. The Hall–Kier alpha value is -5.51. The highest BCUT2D eigenvalue weighted by Gasteiger charge is 2.30. The number of rotatable bonds is 12. The van der Waals surface area contributed by atoms with Crippen LogP contribution in [0.1, 0.15) is 57.8 Å². The van der Waals surface area contributed by atoms with Gasteiger partial charge in [-0.3, -0.25) is 23.9 Å². The number of nitrogens with zero attached hydrogens (tertiary/aromatic N) is 6. The summed E-state index contributed by atoms with van der Waals surface area (Å²) in [4.78, 5) is 61.1. The third-order valence-electron chi connectivity index (χ3n) is 10.1. The summed E-state index contributed by atoms with van der Waals surface area (Å²) in [5, 5.41) is 14.6. The number of hydrogen-bond acceptors (Lipinski definition) is 10. The van der Waals surface area contributed by atoms with Gasteiger partial charge in [-0.25, -0.2) is 14.3 Å². The van der Waals surface area contributed by atoms with E-state index in [0.717, 1.165) is 6.42 Å². The molecule has 304 valence electrons. The van der Waals surface area contributed by atoms with Crippen LogP contribution in [0.15, 0.2) is 59.7 Å². The number of carbonyl (C=O) groups is 3. The van der Waals surface area contributed by atoms with Gasteiger partial charge < -0.3 is 30.3 Å². The first-order valence-corrected chi connectivity index (χ1v) is 19.8. The summed E-state index contributed by atoms with van der Waals surface area (Å²) < 4.78 is 14.5. The molecule has 2 saturated heterocycles. The molecule has 2 fully saturated rings. The van der Waals surface area contributed by atoms with Crippen LogP contribution in [-0.4, -0.2) is 84.8 Å². The number of halogens is 2. The van der Waals surface area contributed by atoms with Crippen molar-refractivity contribution in [3.05, 3.63) is 86.6 Å². The zero-order chi connectivity index (χ0) is 41.3. The summed E-state index contributed by atoms with van der Waals surface area (Å²) in [5.74, 6) is 0.826. The number of carbonyl (C=O) groups excluding carboxylic acids is 3. The molecule has 0 radical (unpaired) electrons. The maximum Gasteiger partial charge on any atom is 0.410 e. The normalized spacial score (nSPS) is 16.7. The Morgan fingerprint density at radius 2 is 1.69 bits per heavy atom. The Morgan fingerprint density at radius 3 is 2.38 bits per heavy atom. The van der Waals surface area contributed by atoms with Gasteiger partial charge in [-0.2, -0.15) is 5.10 Å². The lowest BCUT2D eigenvalue weighted by atomic mass is 10.00.